The molecule has 2 saturated carbocycles. The highest BCUT2D eigenvalue weighted by Gasteiger charge is 2.69. The van der Waals surface area contributed by atoms with Crippen molar-refractivity contribution < 1.29 is 28.0 Å². The molecule has 200 valence electrons. The Morgan fingerprint density at radius 1 is 1.14 bits per heavy atom. The molecule has 1 saturated heterocycles. The maximum Gasteiger partial charge on any atom is 0.289 e. The summed E-state index contributed by atoms with van der Waals surface area (Å²) in [6.45, 7) is 11.6. The molecule has 0 radical (unpaired) electrons. The molecule has 1 aliphatic heterocycles. The molecule has 3 fully saturated rings. The summed E-state index contributed by atoms with van der Waals surface area (Å²) in [5.41, 5.74) is 6.09. The lowest BCUT2D eigenvalue weighted by Crippen LogP contribution is -2.58. The van der Waals surface area contributed by atoms with Crippen molar-refractivity contribution in [2.24, 2.45) is 28.9 Å². The standard InChI is InChI=1S/C26H38F2N4O4/c1-5-7-8-17(21(33)23(35)30-13-6-2)31-22(34)20-18-16(25(18,3)4)14-32(20)24(36)19(29)15-9-11-26(27,28)12-10-15/h5-6,15-20H,1-2,7-14,29H2,3-4H3,(H,30,35)(H,31,34)/t16-,17-,18-,19-,20-/m0/s1. The number of hydrogen-bond acceptors (Lipinski definition) is 5. The van der Waals surface area contributed by atoms with Gasteiger partial charge in [0.2, 0.25) is 23.5 Å². The summed E-state index contributed by atoms with van der Waals surface area (Å²) in [5.74, 6) is -5.67. The van der Waals surface area contributed by atoms with Crippen LogP contribution in [0.4, 0.5) is 8.78 Å². The first kappa shape index (κ1) is 28.0. The number of amides is 3. The molecule has 0 aromatic heterocycles. The minimum Gasteiger partial charge on any atom is -0.346 e. The van der Waals surface area contributed by atoms with Gasteiger partial charge in [-0.25, -0.2) is 8.78 Å². The van der Waals surface area contributed by atoms with Gasteiger partial charge in [0.1, 0.15) is 6.04 Å². The molecule has 3 amide bonds. The molecule has 2 aliphatic carbocycles. The Bertz CT molecular complexity index is 912. The molecule has 3 aliphatic rings. The maximum absolute atomic E-state index is 13.6. The fourth-order valence-electron chi connectivity index (χ4n) is 5.85. The van der Waals surface area contributed by atoms with E-state index in [4.69, 9.17) is 5.73 Å². The average molecular weight is 509 g/mol. The molecule has 5 atom stereocenters. The number of carbonyl (C=O) groups excluding carboxylic acids is 4. The molecule has 0 bridgehead atoms. The van der Waals surface area contributed by atoms with Crippen molar-refractivity contribution in [3.8, 4) is 0 Å². The monoisotopic (exact) mass is 508 g/mol. The molecule has 0 spiro atoms. The van der Waals surface area contributed by atoms with Crippen molar-refractivity contribution in [1.82, 2.24) is 15.5 Å². The number of Topliss-reactive ketones (excluding diaryl/α,β-unsaturated/α-hetero) is 1. The molecule has 1 heterocycles. The summed E-state index contributed by atoms with van der Waals surface area (Å²) in [7, 11) is 0. The van der Waals surface area contributed by atoms with Crippen molar-refractivity contribution in [2.75, 3.05) is 13.1 Å². The van der Waals surface area contributed by atoms with E-state index < -0.39 is 47.6 Å². The van der Waals surface area contributed by atoms with Crippen LogP contribution in [-0.4, -0.2) is 65.5 Å². The van der Waals surface area contributed by atoms with Crippen molar-refractivity contribution in [2.45, 2.75) is 76.4 Å². The second-order valence-corrected chi connectivity index (χ2v) is 10.9. The number of likely N-dealkylation sites (tertiary alicyclic amines) is 1. The van der Waals surface area contributed by atoms with Gasteiger partial charge in [-0.1, -0.05) is 26.0 Å². The summed E-state index contributed by atoms with van der Waals surface area (Å²) in [6, 6.07) is -2.89. The molecule has 0 aromatic carbocycles. The SMILES string of the molecule is C=CCC[C@H](NC(=O)[C@@H]1[C@@H]2[C@H](CN1C(=O)[C@@H](N)C1CCC(F)(F)CC1)C2(C)C)C(=O)C(=O)NCC=C. The Kier molecular flexibility index (Phi) is 8.37. The van der Waals surface area contributed by atoms with E-state index in [0.29, 0.717) is 13.0 Å². The molecule has 8 nitrogen and oxygen atoms in total. The highest BCUT2D eigenvalue weighted by atomic mass is 19.3. The lowest BCUT2D eigenvalue weighted by atomic mass is 9.81. The predicted molar refractivity (Wildman–Crippen MR) is 131 cm³/mol. The smallest absolute Gasteiger partial charge is 0.289 e. The highest BCUT2D eigenvalue weighted by molar-refractivity contribution is 6.38. The van der Waals surface area contributed by atoms with Gasteiger partial charge in [-0.05, 0) is 48.9 Å². The van der Waals surface area contributed by atoms with Gasteiger partial charge in [0.15, 0.2) is 0 Å². The summed E-state index contributed by atoms with van der Waals surface area (Å²) < 4.78 is 27.2. The molecule has 0 unspecified atom stereocenters. The lowest BCUT2D eigenvalue weighted by Gasteiger charge is -2.36. The van der Waals surface area contributed by atoms with E-state index >= 15 is 0 Å². The van der Waals surface area contributed by atoms with Crippen LogP contribution >= 0.6 is 0 Å². The number of piperidine rings is 1. The molecular formula is C26H38F2N4O4. The van der Waals surface area contributed by atoms with Crippen LogP contribution in [0.2, 0.25) is 0 Å². The molecule has 4 N–H and O–H groups in total. The zero-order valence-corrected chi connectivity index (χ0v) is 21.1. The fourth-order valence-corrected chi connectivity index (χ4v) is 5.85. The van der Waals surface area contributed by atoms with Crippen LogP contribution in [0, 0.1) is 23.2 Å². The van der Waals surface area contributed by atoms with Crippen molar-refractivity contribution in [1.29, 1.82) is 0 Å². The number of nitrogens with one attached hydrogen (secondary N) is 2. The minimum atomic E-state index is -2.73. The molecule has 36 heavy (non-hydrogen) atoms. The fraction of sp³-hybridized carbons (Fsp3) is 0.692. The number of halogens is 2. The van der Waals surface area contributed by atoms with Gasteiger partial charge in [-0.15, -0.1) is 13.2 Å². The summed E-state index contributed by atoms with van der Waals surface area (Å²) in [4.78, 5) is 53.4. The number of hydrogen-bond donors (Lipinski definition) is 3. The number of nitrogens with two attached hydrogens (primary N) is 1. The Balaban J connectivity index is 1.75. The number of nitrogens with zero attached hydrogens (tertiary/aromatic N) is 1. The van der Waals surface area contributed by atoms with Crippen molar-refractivity contribution in [3.05, 3.63) is 25.3 Å². The molecule has 10 heteroatoms. The van der Waals surface area contributed by atoms with Crippen LogP contribution in [0.25, 0.3) is 0 Å². The average Bonchev–Trinajstić information content (AvgIpc) is 3.17. The maximum atomic E-state index is 13.6. The number of ketones is 1. The predicted octanol–water partition coefficient (Wildman–Crippen LogP) is 1.94. The first-order valence-electron chi connectivity index (χ1n) is 12.6. The van der Waals surface area contributed by atoms with Gasteiger partial charge in [0.05, 0.1) is 12.1 Å². The van der Waals surface area contributed by atoms with Crippen LogP contribution < -0.4 is 16.4 Å². The number of fused-ring (bicyclic) bond motifs is 1. The van der Waals surface area contributed by atoms with Gasteiger partial charge in [0, 0.05) is 25.9 Å². The number of rotatable bonds is 11. The lowest BCUT2D eigenvalue weighted by molar-refractivity contribution is -0.145. The van der Waals surface area contributed by atoms with Gasteiger partial charge >= 0.3 is 0 Å². The quantitative estimate of drug-likeness (QED) is 0.291. The Morgan fingerprint density at radius 2 is 1.78 bits per heavy atom. The van der Waals surface area contributed by atoms with E-state index in [1.165, 1.54) is 11.0 Å². The van der Waals surface area contributed by atoms with Crippen LogP contribution in [-0.2, 0) is 19.2 Å². The minimum absolute atomic E-state index is 0.0957. The van der Waals surface area contributed by atoms with Gasteiger partial charge in [-0.3, -0.25) is 19.2 Å². The summed E-state index contributed by atoms with van der Waals surface area (Å²) >= 11 is 0. The Hall–Kier alpha value is -2.62. The molecular weight excluding hydrogens is 470 g/mol. The highest BCUT2D eigenvalue weighted by Crippen LogP contribution is 2.65. The third-order valence-electron chi connectivity index (χ3n) is 8.24. The third-order valence-corrected chi connectivity index (χ3v) is 8.24. The van der Waals surface area contributed by atoms with Crippen molar-refractivity contribution >= 4 is 23.5 Å². The normalized spacial score (nSPS) is 27.8. The van der Waals surface area contributed by atoms with Crippen LogP contribution in [0.1, 0.15) is 52.4 Å². The van der Waals surface area contributed by atoms with E-state index in [2.05, 4.69) is 23.8 Å². The second-order valence-electron chi connectivity index (χ2n) is 10.9. The van der Waals surface area contributed by atoms with Crippen LogP contribution in [0.5, 0.6) is 0 Å². The Labute approximate surface area is 211 Å². The third kappa shape index (κ3) is 5.68. The van der Waals surface area contributed by atoms with E-state index in [1.54, 1.807) is 6.08 Å². The van der Waals surface area contributed by atoms with E-state index in [1.807, 2.05) is 13.8 Å². The number of allylic oxidation sites excluding steroid dienone is 1. The largest absolute Gasteiger partial charge is 0.346 e. The molecule has 3 rings (SSSR count). The topological polar surface area (TPSA) is 122 Å². The van der Waals surface area contributed by atoms with Crippen LogP contribution in [0.3, 0.4) is 0 Å². The van der Waals surface area contributed by atoms with E-state index in [9.17, 15) is 28.0 Å². The van der Waals surface area contributed by atoms with E-state index in [0.717, 1.165) is 0 Å². The van der Waals surface area contributed by atoms with Gasteiger partial charge < -0.3 is 21.3 Å². The van der Waals surface area contributed by atoms with Gasteiger partial charge in [-0.2, -0.15) is 0 Å². The van der Waals surface area contributed by atoms with E-state index in [-0.39, 0.29) is 61.8 Å². The first-order valence-corrected chi connectivity index (χ1v) is 12.6. The number of carbonyl (C=O) groups is 4. The summed E-state index contributed by atoms with van der Waals surface area (Å²) in [6.07, 6.45) is 3.31. The van der Waals surface area contributed by atoms with Crippen molar-refractivity contribution in [3.63, 3.8) is 0 Å². The zero-order chi connectivity index (χ0) is 26.8. The summed E-state index contributed by atoms with van der Waals surface area (Å²) in [5, 5.41) is 5.13. The zero-order valence-electron chi connectivity index (χ0n) is 21.1. The number of alkyl halides is 2. The molecule has 0 aromatic rings. The first-order chi connectivity index (χ1) is 16.9. The Morgan fingerprint density at radius 3 is 2.36 bits per heavy atom. The van der Waals surface area contributed by atoms with Crippen LogP contribution in [0.15, 0.2) is 25.3 Å². The van der Waals surface area contributed by atoms with Gasteiger partial charge in [0.25, 0.3) is 5.91 Å². The second kappa shape index (κ2) is 10.8.